The second-order valence-electron chi connectivity index (χ2n) is 4.03. The van der Waals surface area contributed by atoms with Gasteiger partial charge in [0, 0.05) is 5.02 Å². The molecule has 0 aliphatic heterocycles. The van der Waals surface area contributed by atoms with Gasteiger partial charge in [-0.3, -0.25) is 0 Å². The molecule has 0 aliphatic rings. The summed E-state index contributed by atoms with van der Waals surface area (Å²) in [4.78, 5) is 9.06. The second-order valence-corrected chi connectivity index (χ2v) is 5.94. The van der Waals surface area contributed by atoms with E-state index in [1.54, 1.807) is 6.07 Å². The minimum absolute atomic E-state index is 0.268. The van der Waals surface area contributed by atoms with Crippen molar-refractivity contribution in [1.82, 2.24) is 9.97 Å². The van der Waals surface area contributed by atoms with E-state index in [1.165, 1.54) is 11.3 Å². The van der Waals surface area contributed by atoms with Crippen molar-refractivity contribution >= 4 is 61.3 Å². The predicted molar refractivity (Wildman–Crippen MR) is 88.0 cm³/mol. The Labute approximate surface area is 129 Å². The van der Waals surface area contributed by atoms with Gasteiger partial charge in [-0.2, -0.15) is 0 Å². The third-order valence-corrected chi connectivity index (χ3v) is 3.96. The van der Waals surface area contributed by atoms with E-state index >= 15 is 0 Å². The van der Waals surface area contributed by atoms with Crippen molar-refractivity contribution in [3.63, 3.8) is 0 Å². The van der Waals surface area contributed by atoms with Crippen LogP contribution in [-0.2, 0) is 0 Å². The summed E-state index contributed by atoms with van der Waals surface area (Å²) in [5.74, 6) is 0.653. The third-order valence-electron chi connectivity index (χ3n) is 2.59. The maximum Gasteiger partial charge on any atom is 0.189 e. The fourth-order valence-corrected chi connectivity index (χ4v) is 2.97. The minimum atomic E-state index is 0.268. The van der Waals surface area contributed by atoms with E-state index in [1.807, 2.05) is 30.3 Å². The number of anilines is 2. The number of nitrogens with two attached hydrogens (primary N) is 1. The normalized spacial score (nSPS) is 10.7. The first-order valence-corrected chi connectivity index (χ1v) is 7.32. The number of halogens is 1. The molecule has 2 heterocycles. The molecule has 0 spiro atoms. The number of nitrogens with one attached hydrogen (secondary N) is 1. The van der Waals surface area contributed by atoms with Gasteiger partial charge in [-0.15, -0.1) is 0 Å². The van der Waals surface area contributed by atoms with Gasteiger partial charge in [0.05, 0.1) is 15.9 Å². The van der Waals surface area contributed by atoms with Crippen molar-refractivity contribution in [2.75, 3.05) is 5.32 Å². The lowest BCUT2D eigenvalue weighted by Crippen LogP contribution is -2.12. The summed E-state index contributed by atoms with van der Waals surface area (Å²) in [5, 5.41) is 4.59. The van der Waals surface area contributed by atoms with Crippen LogP contribution in [0.15, 0.2) is 36.4 Å². The molecule has 0 aliphatic carbocycles. The zero-order valence-electron chi connectivity index (χ0n) is 10.1. The number of hydrogen-bond acceptors (Lipinski definition) is 5. The third kappa shape index (κ3) is 2.72. The number of pyridine rings is 1. The van der Waals surface area contributed by atoms with Gasteiger partial charge in [-0.25, -0.2) is 9.97 Å². The lowest BCUT2D eigenvalue weighted by atomic mass is 10.3. The van der Waals surface area contributed by atoms with Crippen LogP contribution in [0.2, 0.25) is 5.02 Å². The highest BCUT2D eigenvalue weighted by atomic mass is 35.5. The smallest absolute Gasteiger partial charge is 0.189 e. The number of nitrogens with zero attached hydrogens (tertiary/aromatic N) is 2. The van der Waals surface area contributed by atoms with Crippen LogP contribution in [-0.4, -0.2) is 15.0 Å². The van der Waals surface area contributed by atoms with Crippen molar-refractivity contribution in [1.29, 1.82) is 0 Å². The SMILES string of the molecule is NC(=S)c1cccc(Nc2nc3ccc(Cl)cc3s2)n1. The van der Waals surface area contributed by atoms with Crippen LogP contribution in [0.3, 0.4) is 0 Å². The summed E-state index contributed by atoms with van der Waals surface area (Å²) in [6.07, 6.45) is 0. The molecule has 0 unspecified atom stereocenters. The maximum atomic E-state index is 5.96. The Bertz CT molecular complexity index is 800. The number of fused-ring (bicyclic) bond motifs is 1. The molecule has 0 bridgehead atoms. The molecular formula is C13H9ClN4S2. The Morgan fingerprint density at radius 3 is 2.90 bits per heavy atom. The molecular weight excluding hydrogens is 312 g/mol. The van der Waals surface area contributed by atoms with Gasteiger partial charge >= 0.3 is 0 Å². The molecule has 0 radical (unpaired) electrons. The molecule has 4 nitrogen and oxygen atoms in total. The van der Waals surface area contributed by atoms with Crippen molar-refractivity contribution < 1.29 is 0 Å². The van der Waals surface area contributed by atoms with Gasteiger partial charge in [-0.1, -0.05) is 41.2 Å². The van der Waals surface area contributed by atoms with E-state index in [0.29, 0.717) is 16.5 Å². The highest BCUT2D eigenvalue weighted by Gasteiger charge is 2.06. The lowest BCUT2D eigenvalue weighted by Gasteiger charge is -2.03. The molecule has 3 rings (SSSR count). The highest BCUT2D eigenvalue weighted by molar-refractivity contribution is 7.80. The molecule has 20 heavy (non-hydrogen) atoms. The largest absolute Gasteiger partial charge is 0.388 e. The number of aromatic nitrogens is 2. The Balaban J connectivity index is 1.92. The molecule has 1 aromatic carbocycles. The molecule has 3 aromatic rings. The Morgan fingerprint density at radius 1 is 1.25 bits per heavy atom. The molecule has 0 amide bonds. The first-order chi connectivity index (χ1) is 9.61. The average molecular weight is 321 g/mol. The number of hydrogen-bond donors (Lipinski definition) is 2. The quantitative estimate of drug-likeness (QED) is 0.720. The molecule has 7 heteroatoms. The standard InChI is InChI=1S/C13H9ClN4S2/c14-7-4-5-8-10(6-7)20-13(17-8)18-11-3-1-2-9(16-11)12(15)19/h1-6H,(H2,15,19)(H,16,17,18). The van der Waals surface area contributed by atoms with Crippen LogP contribution in [0.4, 0.5) is 10.9 Å². The Kier molecular flexibility index (Phi) is 3.52. The summed E-state index contributed by atoms with van der Waals surface area (Å²) in [6.45, 7) is 0. The summed E-state index contributed by atoms with van der Waals surface area (Å²) in [5.41, 5.74) is 7.04. The monoisotopic (exact) mass is 320 g/mol. The average Bonchev–Trinajstić information content (AvgIpc) is 2.80. The van der Waals surface area contributed by atoms with Gasteiger partial charge < -0.3 is 11.1 Å². The second kappa shape index (κ2) is 5.32. The van der Waals surface area contributed by atoms with E-state index in [9.17, 15) is 0 Å². The van der Waals surface area contributed by atoms with Gasteiger partial charge in [0.15, 0.2) is 5.13 Å². The predicted octanol–water partition coefficient (Wildman–Crippen LogP) is 3.72. The first kappa shape index (κ1) is 13.2. The van der Waals surface area contributed by atoms with Crippen LogP contribution in [0.1, 0.15) is 5.69 Å². The van der Waals surface area contributed by atoms with Gasteiger partial charge in [0.25, 0.3) is 0 Å². The summed E-state index contributed by atoms with van der Waals surface area (Å²) in [6, 6.07) is 11.0. The molecule has 0 saturated carbocycles. The van der Waals surface area contributed by atoms with Crippen LogP contribution in [0.25, 0.3) is 10.2 Å². The molecule has 100 valence electrons. The highest BCUT2D eigenvalue weighted by Crippen LogP contribution is 2.29. The number of thiocarbonyl (C=S) groups is 1. The minimum Gasteiger partial charge on any atom is -0.388 e. The Hall–Kier alpha value is -1.76. The van der Waals surface area contributed by atoms with E-state index in [2.05, 4.69) is 15.3 Å². The van der Waals surface area contributed by atoms with E-state index in [4.69, 9.17) is 29.6 Å². The topological polar surface area (TPSA) is 63.8 Å². The Morgan fingerprint density at radius 2 is 2.10 bits per heavy atom. The summed E-state index contributed by atoms with van der Waals surface area (Å²) < 4.78 is 1.02. The molecule has 0 atom stereocenters. The summed E-state index contributed by atoms with van der Waals surface area (Å²) >= 11 is 12.4. The lowest BCUT2D eigenvalue weighted by molar-refractivity contribution is 1.27. The van der Waals surface area contributed by atoms with Crippen LogP contribution < -0.4 is 11.1 Å². The molecule has 2 aromatic heterocycles. The van der Waals surface area contributed by atoms with E-state index in [-0.39, 0.29) is 4.99 Å². The summed E-state index contributed by atoms with van der Waals surface area (Å²) in [7, 11) is 0. The first-order valence-electron chi connectivity index (χ1n) is 5.72. The van der Waals surface area contributed by atoms with Gasteiger partial charge in [0.1, 0.15) is 10.8 Å². The van der Waals surface area contributed by atoms with Gasteiger partial charge in [-0.05, 0) is 30.3 Å². The number of benzene rings is 1. The van der Waals surface area contributed by atoms with Crippen LogP contribution in [0, 0.1) is 0 Å². The molecule has 3 N–H and O–H groups in total. The fraction of sp³-hybridized carbons (Fsp3) is 0. The van der Waals surface area contributed by atoms with Crippen LogP contribution >= 0.6 is 35.2 Å². The maximum absolute atomic E-state index is 5.96. The zero-order chi connectivity index (χ0) is 14.1. The molecule has 0 saturated heterocycles. The van der Waals surface area contributed by atoms with Crippen molar-refractivity contribution in [3.05, 3.63) is 47.1 Å². The zero-order valence-corrected chi connectivity index (χ0v) is 12.5. The van der Waals surface area contributed by atoms with E-state index in [0.717, 1.165) is 15.3 Å². The van der Waals surface area contributed by atoms with Crippen LogP contribution in [0.5, 0.6) is 0 Å². The van der Waals surface area contributed by atoms with Crippen molar-refractivity contribution in [2.24, 2.45) is 5.73 Å². The van der Waals surface area contributed by atoms with E-state index < -0.39 is 0 Å². The number of thiazole rings is 1. The number of rotatable bonds is 3. The van der Waals surface area contributed by atoms with Crippen molar-refractivity contribution in [3.8, 4) is 0 Å². The fourth-order valence-electron chi connectivity index (χ4n) is 1.70. The van der Waals surface area contributed by atoms with Crippen molar-refractivity contribution in [2.45, 2.75) is 0 Å². The van der Waals surface area contributed by atoms with Gasteiger partial charge in [0.2, 0.25) is 0 Å². The molecule has 0 fully saturated rings.